The van der Waals surface area contributed by atoms with Crippen molar-refractivity contribution in [2.75, 3.05) is 6.61 Å². The minimum absolute atomic E-state index is 0.156. The molecule has 7 heteroatoms. The Kier molecular flexibility index (Phi) is 5.83. The molecule has 0 radical (unpaired) electrons. The summed E-state index contributed by atoms with van der Waals surface area (Å²) in [5, 5.41) is 9.25. The minimum Gasteiger partial charge on any atom is -0.396 e. The second kappa shape index (κ2) is 6.60. The number of hydrogen-bond acceptors (Lipinski definition) is 3. The van der Waals surface area contributed by atoms with Gasteiger partial charge in [-0.3, -0.25) is 0 Å². The third-order valence-electron chi connectivity index (χ3n) is 2.89. The Hall–Kier alpha value is -0.370. The Balaban J connectivity index is 3.21. The molecule has 2 N–H and O–H groups in total. The lowest BCUT2D eigenvalue weighted by molar-refractivity contribution is 0.235. The second-order valence-corrected chi connectivity index (χ2v) is 8.66. The lowest BCUT2D eigenvalue weighted by Crippen LogP contribution is -2.47. The number of hydrogen-bond donors (Lipinski definition) is 2. The Morgan fingerprint density at radius 1 is 1.45 bits per heavy atom. The van der Waals surface area contributed by atoms with Crippen LogP contribution in [0.15, 0.2) is 16.7 Å². The van der Waals surface area contributed by atoms with Gasteiger partial charge in [-0.2, -0.15) is 4.39 Å². The topological polar surface area (TPSA) is 62.2 Å². The van der Waals surface area contributed by atoms with Crippen LogP contribution in [-0.4, -0.2) is 25.7 Å². The molecule has 2 atom stereocenters. The highest BCUT2D eigenvalue weighted by Crippen LogP contribution is 2.30. The van der Waals surface area contributed by atoms with Crippen LogP contribution in [0.5, 0.6) is 0 Å². The third kappa shape index (κ3) is 4.31. The Morgan fingerprint density at radius 3 is 2.55 bits per heavy atom. The van der Waals surface area contributed by atoms with Crippen LogP contribution in [-0.2, 0) is 16.5 Å². The summed E-state index contributed by atoms with van der Waals surface area (Å²) in [6.45, 7) is 7.02. The molecular formula is C13H20BrFN2O2S. The van der Waals surface area contributed by atoms with E-state index in [1.807, 2.05) is 20.8 Å². The molecule has 4 nitrogen and oxygen atoms in total. The summed E-state index contributed by atoms with van der Waals surface area (Å²) in [5.41, 5.74) is -0.688. The fourth-order valence-corrected chi connectivity index (χ4v) is 2.89. The van der Waals surface area contributed by atoms with Crippen molar-refractivity contribution in [2.45, 2.75) is 44.4 Å². The number of pyridine rings is 1. The zero-order valence-electron chi connectivity index (χ0n) is 12.0. The van der Waals surface area contributed by atoms with E-state index in [1.54, 1.807) is 13.0 Å². The Bertz CT molecular complexity index is 508. The molecule has 0 aliphatic carbocycles. The van der Waals surface area contributed by atoms with Gasteiger partial charge in [-0.15, -0.1) is 0 Å². The van der Waals surface area contributed by atoms with E-state index in [0.29, 0.717) is 4.47 Å². The average Bonchev–Trinajstić information content (AvgIpc) is 2.31. The van der Waals surface area contributed by atoms with Crippen LogP contribution in [0.4, 0.5) is 4.39 Å². The lowest BCUT2D eigenvalue weighted by Gasteiger charge is -2.33. The van der Waals surface area contributed by atoms with E-state index in [9.17, 15) is 13.7 Å². The van der Waals surface area contributed by atoms with Gasteiger partial charge >= 0.3 is 0 Å². The molecule has 1 heterocycles. The maximum absolute atomic E-state index is 14.0. The average molecular weight is 367 g/mol. The number of aliphatic hydroxyl groups excluding tert-OH is 1. The molecule has 0 saturated heterocycles. The first-order chi connectivity index (χ1) is 9.10. The van der Waals surface area contributed by atoms with Gasteiger partial charge in [0.2, 0.25) is 5.95 Å². The standard InChI is InChI=1S/C13H20BrFN2O2S/c1-12(2,3)20(19)17-13(4,5-6-18)10-7-9(14)8-16-11(10)15/h7-8,17-18H,5-6H2,1-4H3/t13-,20?/m1/s1. The molecule has 1 aromatic rings. The van der Waals surface area contributed by atoms with Crippen molar-refractivity contribution in [1.29, 1.82) is 0 Å². The zero-order chi connectivity index (χ0) is 15.6. The number of rotatable bonds is 5. The van der Waals surface area contributed by atoms with E-state index in [-0.39, 0.29) is 18.6 Å². The number of nitrogens with one attached hydrogen (secondary N) is 1. The van der Waals surface area contributed by atoms with E-state index < -0.39 is 27.2 Å². The molecule has 20 heavy (non-hydrogen) atoms. The van der Waals surface area contributed by atoms with Crippen LogP contribution in [0, 0.1) is 5.95 Å². The normalized spacial score (nSPS) is 16.8. The molecule has 0 spiro atoms. The second-order valence-electron chi connectivity index (χ2n) is 5.78. The molecule has 0 aliphatic heterocycles. The highest BCUT2D eigenvalue weighted by atomic mass is 79.9. The first-order valence-corrected chi connectivity index (χ1v) is 8.16. The summed E-state index contributed by atoms with van der Waals surface area (Å²) in [4.78, 5) is 3.66. The molecular weight excluding hydrogens is 347 g/mol. The molecule has 1 aromatic heterocycles. The highest BCUT2D eigenvalue weighted by molar-refractivity contribution is 9.10. The largest absolute Gasteiger partial charge is 0.396 e. The number of nitrogens with zero attached hydrogens (tertiary/aromatic N) is 1. The van der Waals surface area contributed by atoms with E-state index in [1.165, 1.54) is 6.20 Å². The summed E-state index contributed by atoms with van der Waals surface area (Å²) in [6.07, 6.45) is 1.59. The fraction of sp³-hybridized carbons (Fsp3) is 0.615. The van der Waals surface area contributed by atoms with Crippen molar-refractivity contribution < 1.29 is 13.7 Å². The SMILES string of the molecule is CC(C)(C)S(=O)N[C@](C)(CCO)c1cc(Br)cnc1F. The van der Waals surface area contributed by atoms with Gasteiger partial charge in [0.25, 0.3) is 0 Å². The van der Waals surface area contributed by atoms with Gasteiger partial charge in [-0.25, -0.2) is 13.9 Å². The van der Waals surface area contributed by atoms with Crippen LogP contribution in [0.2, 0.25) is 0 Å². The third-order valence-corrected chi connectivity index (χ3v) is 5.07. The van der Waals surface area contributed by atoms with Gasteiger partial charge in [0.15, 0.2) is 0 Å². The molecule has 0 amide bonds. The van der Waals surface area contributed by atoms with Gasteiger partial charge in [0, 0.05) is 22.8 Å². The predicted octanol–water partition coefficient (Wildman–Crippen LogP) is 2.63. The van der Waals surface area contributed by atoms with Gasteiger partial charge in [0.05, 0.1) is 21.3 Å². The Labute approximate surface area is 129 Å². The molecule has 0 saturated carbocycles. The summed E-state index contributed by atoms with van der Waals surface area (Å²) >= 11 is 3.25. The van der Waals surface area contributed by atoms with Crippen molar-refractivity contribution in [3.05, 3.63) is 28.2 Å². The van der Waals surface area contributed by atoms with Crippen LogP contribution < -0.4 is 4.72 Å². The van der Waals surface area contributed by atoms with Crippen molar-refractivity contribution >= 4 is 26.9 Å². The zero-order valence-corrected chi connectivity index (χ0v) is 14.4. The van der Waals surface area contributed by atoms with E-state index in [0.717, 1.165) is 0 Å². The summed E-state index contributed by atoms with van der Waals surface area (Å²) in [5.74, 6) is -0.637. The van der Waals surface area contributed by atoms with Crippen molar-refractivity contribution in [2.24, 2.45) is 0 Å². The van der Waals surface area contributed by atoms with E-state index in [2.05, 4.69) is 25.6 Å². The molecule has 1 unspecified atom stereocenters. The highest BCUT2D eigenvalue weighted by Gasteiger charge is 2.34. The molecule has 0 aliphatic rings. The maximum atomic E-state index is 14.0. The Morgan fingerprint density at radius 2 is 2.05 bits per heavy atom. The van der Waals surface area contributed by atoms with E-state index in [4.69, 9.17) is 0 Å². The monoisotopic (exact) mass is 366 g/mol. The summed E-state index contributed by atoms with van der Waals surface area (Å²) in [6, 6.07) is 1.59. The van der Waals surface area contributed by atoms with E-state index >= 15 is 0 Å². The molecule has 1 rings (SSSR count). The minimum atomic E-state index is -1.39. The fourth-order valence-electron chi connectivity index (χ4n) is 1.63. The van der Waals surface area contributed by atoms with Crippen molar-refractivity contribution in [1.82, 2.24) is 9.71 Å². The first kappa shape index (κ1) is 17.7. The van der Waals surface area contributed by atoms with Crippen LogP contribution >= 0.6 is 15.9 Å². The smallest absolute Gasteiger partial charge is 0.218 e. The molecule has 0 bridgehead atoms. The van der Waals surface area contributed by atoms with Gasteiger partial charge in [0.1, 0.15) is 0 Å². The van der Waals surface area contributed by atoms with Crippen molar-refractivity contribution in [3.63, 3.8) is 0 Å². The lowest BCUT2D eigenvalue weighted by atomic mass is 9.91. The molecule has 114 valence electrons. The van der Waals surface area contributed by atoms with Gasteiger partial charge in [-0.1, -0.05) is 0 Å². The molecule has 0 fully saturated rings. The van der Waals surface area contributed by atoms with Gasteiger partial charge in [-0.05, 0) is 56.1 Å². The first-order valence-electron chi connectivity index (χ1n) is 6.22. The van der Waals surface area contributed by atoms with Crippen LogP contribution in [0.25, 0.3) is 0 Å². The predicted molar refractivity (Wildman–Crippen MR) is 82.0 cm³/mol. The van der Waals surface area contributed by atoms with Crippen molar-refractivity contribution in [3.8, 4) is 0 Å². The maximum Gasteiger partial charge on any atom is 0.218 e. The number of aromatic nitrogens is 1. The molecule has 0 aromatic carbocycles. The quantitative estimate of drug-likeness (QED) is 0.787. The summed E-state index contributed by atoms with van der Waals surface area (Å²) < 4.78 is 29.3. The number of aliphatic hydroxyl groups is 1. The van der Waals surface area contributed by atoms with Crippen LogP contribution in [0.3, 0.4) is 0 Å². The van der Waals surface area contributed by atoms with Crippen LogP contribution in [0.1, 0.15) is 39.7 Å². The number of halogens is 2. The van der Waals surface area contributed by atoms with Gasteiger partial charge < -0.3 is 5.11 Å². The summed E-state index contributed by atoms with van der Waals surface area (Å²) in [7, 11) is -1.39.